The Bertz CT molecular complexity index is 142. The van der Waals surface area contributed by atoms with Crippen LogP contribution in [0.15, 0.2) is 17.1 Å². The van der Waals surface area contributed by atoms with E-state index in [9.17, 15) is 0 Å². The molecule has 36 valence electrons. The van der Waals surface area contributed by atoms with Gasteiger partial charge in [0.1, 0.15) is 0 Å². The molecule has 0 radical (unpaired) electrons. The van der Waals surface area contributed by atoms with Gasteiger partial charge in [0.25, 0.3) is 0 Å². The van der Waals surface area contributed by atoms with Crippen LogP contribution < -0.4 is 0 Å². The summed E-state index contributed by atoms with van der Waals surface area (Å²) in [7, 11) is 0. The lowest BCUT2D eigenvalue weighted by Gasteiger charge is -2.41. The number of hydrogen-bond acceptors (Lipinski definition) is 1. The summed E-state index contributed by atoms with van der Waals surface area (Å²) in [6, 6.07) is 0. The Balaban J connectivity index is 2.44. The quantitative estimate of drug-likeness (QED) is 0.396. The van der Waals surface area contributed by atoms with Gasteiger partial charge < -0.3 is 0 Å². The normalized spacial score (nSPS) is 52.4. The van der Waals surface area contributed by atoms with Gasteiger partial charge in [-0.1, -0.05) is 12.2 Å². The topological polar surface area (TPSA) is 12.4 Å². The Kier molecular flexibility index (Phi) is 0.333. The van der Waals surface area contributed by atoms with Gasteiger partial charge in [-0.25, -0.2) is 0 Å². The molecule has 1 nitrogen and oxygen atoms in total. The fourth-order valence-corrected chi connectivity index (χ4v) is 0.974. The number of hydrogen-bond donors (Lipinski definition) is 0. The molecule has 2 rings (SSSR count). The minimum Gasteiger partial charge on any atom is -0.285 e. The monoisotopic (exact) mass is 93.1 g/mol. The van der Waals surface area contributed by atoms with E-state index in [4.69, 9.17) is 0 Å². The smallest absolute Gasteiger partial charge is 0.0867 e. The molecule has 0 aromatic rings. The third-order valence-electron chi connectivity index (χ3n) is 1.83. The van der Waals surface area contributed by atoms with Gasteiger partial charge >= 0.3 is 0 Å². The predicted molar refractivity (Wildman–Crippen MR) is 29.5 cm³/mol. The van der Waals surface area contributed by atoms with Crippen LogP contribution in [0.25, 0.3) is 0 Å². The molecule has 1 heterocycles. The maximum Gasteiger partial charge on any atom is 0.0867 e. The zero-order chi connectivity index (χ0) is 4.91. The van der Waals surface area contributed by atoms with E-state index in [0.717, 1.165) is 0 Å². The van der Waals surface area contributed by atoms with Gasteiger partial charge in [0.05, 0.1) is 5.54 Å². The summed E-state index contributed by atoms with van der Waals surface area (Å²) < 4.78 is 0. The van der Waals surface area contributed by atoms with Crippen LogP contribution in [0.2, 0.25) is 0 Å². The maximum atomic E-state index is 4.16. The van der Waals surface area contributed by atoms with E-state index in [1.165, 1.54) is 0 Å². The molecule has 0 fully saturated rings. The second-order valence-corrected chi connectivity index (χ2v) is 2.39. The molecule has 2 atom stereocenters. The molecule has 1 heteroatoms. The largest absolute Gasteiger partial charge is 0.285 e. The van der Waals surface area contributed by atoms with Crippen molar-refractivity contribution in [3.8, 4) is 0 Å². The lowest BCUT2D eigenvalue weighted by atomic mass is 9.73. The molecular formula is C6H7N. The molecule has 0 saturated heterocycles. The minimum atomic E-state index is 0.250. The first-order valence-corrected chi connectivity index (χ1v) is 2.56. The van der Waals surface area contributed by atoms with E-state index in [0.29, 0.717) is 5.92 Å². The second-order valence-electron chi connectivity index (χ2n) is 2.39. The SMILES string of the molecule is CC12C=CC1C=N2. The van der Waals surface area contributed by atoms with E-state index in [-0.39, 0.29) is 5.54 Å². The highest BCUT2D eigenvalue weighted by Gasteiger charge is 2.40. The van der Waals surface area contributed by atoms with Crippen LogP contribution >= 0.6 is 0 Å². The number of rotatable bonds is 0. The molecule has 2 unspecified atom stereocenters. The van der Waals surface area contributed by atoms with Gasteiger partial charge in [-0.15, -0.1) is 0 Å². The Labute approximate surface area is 42.8 Å². The van der Waals surface area contributed by atoms with Crippen molar-refractivity contribution in [1.29, 1.82) is 0 Å². The Morgan fingerprint density at radius 3 is 2.43 bits per heavy atom. The van der Waals surface area contributed by atoms with Crippen molar-refractivity contribution in [3.05, 3.63) is 12.2 Å². The number of aliphatic imine (C=N–C) groups is 1. The minimum absolute atomic E-state index is 0.250. The fraction of sp³-hybridized carbons (Fsp3) is 0.500. The molecule has 7 heavy (non-hydrogen) atoms. The molecule has 0 amide bonds. The first kappa shape index (κ1) is 3.42. The Morgan fingerprint density at radius 1 is 1.71 bits per heavy atom. The zero-order valence-electron chi connectivity index (χ0n) is 4.26. The number of nitrogens with zero attached hydrogens (tertiary/aromatic N) is 1. The standard InChI is InChI=1S/C6H7N/c1-6-3-2-5(6)4-7-6/h2-5H,1H3. The summed E-state index contributed by atoms with van der Waals surface area (Å²) in [5.74, 6) is 0.687. The van der Waals surface area contributed by atoms with Gasteiger partial charge in [0, 0.05) is 12.1 Å². The van der Waals surface area contributed by atoms with Crippen molar-refractivity contribution in [2.24, 2.45) is 10.9 Å². The van der Waals surface area contributed by atoms with Gasteiger partial charge in [-0.3, -0.25) is 4.99 Å². The van der Waals surface area contributed by atoms with Crippen LogP contribution in [0.4, 0.5) is 0 Å². The molecule has 2 aliphatic rings. The molecule has 1 aliphatic heterocycles. The van der Waals surface area contributed by atoms with E-state index in [1.807, 2.05) is 6.21 Å². The lowest BCUT2D eigenvalue weighted by molar-refractivity contribution is 0.433. The summed E-state index contributed by atoms with van der Waals surface area (Å²) >= 11 is 0. The third-order valence-corrected chi connectivity index (χ3v) is 1.83. The molecule has 0 aromatic carbocycles. The van der Waals surface area contributed by atoms with Crippen LogP contribution in [0, 0.1) is 5.92 Å². The highest BCUT2D eigenvalue weighted by Crippen LogP contribution is 2.38. The maximum absolute atomic E-state index is 4.16. The zero-order valence-corrected chi connectivity index (χ0v) is 4.26. The van der Waals surface area contributed by atoms with Gasteiger partial charge in [-0.2, -0.15) is 0 Å². The van der Waals surface area contributed by atoms with Crippen molar-refractivity contribution >= 4 is 6.21 Å². The van der Waals surface area contributed by atoms with Crippen molar-refractivity contribution < 1.29 is 0 Å². The van der Waals surface area contributed by atoms with E-state index >= 15 is 0 Å². The van der Waals surface area contributed by atoms with Crippen LogP contribution in [0.3, 0.4) is 0 Å². The summed E-state index contributed by atoms with van der Waals surface area (Å²) in [5, 5.41) is 0. The molecule has 0 aromatic heterocycles. The van der Waals surface area contributed by atoms with Gasteiger partial charge in [-0.05, 0) is 6.92 Å². The van der Waals surface area contributed by atoms with Crippen molar-refractivity contribution in [3.63, 3.8) is 0 Å². The highest BCUT2D eigenvalue weighted by atomic mass is 14.9. The summed E-state index contributed by atoms with van der Waals surface area (Å²) in [6.45, 7) is 2.15. The first-order valence-electron chi connectivity index (χ1n) is 2.56. The van der Waals surface area contributed by atoms with Crippen LogP contribution in [0.5, 0.6) is 0 Å². The summed E-state index contributed by atoms with van der Waals surface area (Å²) in [4.78, 5) is 4.16. The molecule has 0 saturated carbocycles. The Hall–Kier alpha value is -0.590. The van der Waals surface area contributed by atoms with Crippen molar-refractivity contribution in [2.75, 3.05) is 0 Å². The molecule has 0 N–H and O–H groups in total. The molecule has 1 aliphatic carbocycles. The van der Waals surface area contributed by atoms with Gasteiger partial charge in [0.15, 0.2) is 0 Å². The predicted octanol–water partition coefficient (Wildman–Crippen LogP) is 1.02. The lowest BCUT2D eigenvalue weighted by Crippen LogP contribution is -2.44. The van der Waals surface area contributed by atoms with Crippen LogP contribution in [0.1, 0.15) is 6.92 Å². The van der Waals surface area contributed by atoms with E-state index in [1.54, 1.807) is 0 Å². The van der Waals surface area contributed by atoms with Gasteiger partial charge in [0.2, 0.25) is 0 Å². The summed E-state index contributed by atoms with van der Waals surface area (Å²) in [5.41, 5.74) is 0.250. The van der Waals surface area contributed by atoms with Crippen LogP contribution in [-0.2, 0) is 0 Å². The average Bonchev–Trinajstić information content (AvgIpc) is 1.67. The fourth-order valence-electron chi connectivity index (χ4n) is 0.974. The van der Waals surface area contributed by atoms with Crippen molar-refractivity contribution in [2.45, 2.75) is 12.5 Å². The van der Waals surface area contributed by atoms with E-state index < -0.39 is 0 Å². The number of fused-ring (bicyclic) bond motifs is 1. The average molecular weight is 93.1 g/mol. The van der Waals surface area contributed by atoms with Crippen LogP contribution in [-0.4, -0.2) is 11.8 Å². The number of dihydropyridines is 1. The third kappa shape index (κ3) is 0.208. The first-order chi connectivity index (χ1) is 3.31. The Morgan fingerprint density at radius 2 is 2.43 bits per heavy atom. The summed E-state index contributed by atoms with van der Waals surface area (Å²) in [6.07, 6.45) is 6.34. The molecule has 0 bridgehead atoms. The highest BCUT2D eigenvalue weighted by molar-refractivity contribution is 5.77. The van der Waals surface area contributed by atoms with E-state index in [2.05, 4.69) is 24.1 Å². The molecule has 0 spiro atoms. The van der Waals surface area contributed by atoms with Crippen molar-refractivity contribution in [1.82, 2.24) is 0 Å². The molecular weight excluding hydrogens is 86.1 g/mol. The second kappa shape index (κ2) is 0.683.